The van der Waals surface area contributed by atoms with E-state index in [1.54, 1.807) is 6.92 Å². The van der Waals surface area contributed by atoms with Crippen LogP contribution < -0.4 is 11.1 Å². The second-order valence-electron chi connectivity index (χ2n) is 5.11. The first kappa shape index (κ1) is 17.0. The van der Waals surface area contributed by atoms with Crippen LogP contribution in [0.5, 0.6) is 0 Å². The van der Waals surface area contributed by atoms with Gasteiger partial charge in [0.1, 0.15) is 0 Å². The SMILES string of the molecule is CC(C(=O)NCCCN(C)Cc1ccccc1)C(N)=NO. The fourth-order valence-corrected chi connectivity index (χ4v) is 1.91. The molecule has 1 unspecified atom stereocenters. The Labute approximate surface area is 125 Å². The zero-order chi connectivity index (χ0) is 15.7. The van der Waals surface area contributed by atoms with Gasteiger partial charge in [0.05, 0.1) is 5.92 Å². The maximum atomic E-state index is 11.7. The summed E-state index contributed by atoms with van der Waals surface area (Å²) < 4.78 is 0. The number of carbonyl (C=O) groups excluding carboxylic acids is 1. The molecular weight excluding hydrogens is 268 g/mol. The number of oxime groups is 1. The van der Waals surface area contributed by atoms with E-state index >= 15 is 0 Å². The number of nitrogens with one attached hydrogen (secondary N) is 1. The van der Waals surface area contributed by atoms with Crippen LogP contribution in [-0.4, -0.2) is 42.0 Å². The molecule has 0 aliphatic rings. The molecule has 4 N–H and O–H groups in total. The minimum atomic E-state index is -0.614. The van der Waals surface area contributed by atoms with Crippen molar-refractivity contribution in [3.8, 4) is 0 Å². The molecule has 1 rings (SSSR count). The van der Waals surface area contributed by atoms with E-state index in [1.165, 1.54) is 5.56 Å². The summed E-state index contributed by atoms with van der Waals surface area (Å²) in [5.74, 6) is -0.915. The molecular formula is C15H24N4O2. The van der Waals surface area contributed by atoms with Crippen LogP contribution in [-0.2, 0) is 11.3 Å². The fraction of sp³-hybridized carbons (Fsp3) is 0.467. The van der Waals surface area contributed by atoms with E-state index in [9.17, 15) is 4.79 Å². The third-order valence-electron chi connectivity index (χ3n) is 3.26. The summed E-state index contributed by atoms with van der Waals surface area (Å²) in [6.07, 6.45) is 0.845. The van der Waals surface area contributed by atoms with Gasteiger partial charge in [-0.25, -0.2) is 0 Å². The van der Waals surface area contributed by atoms with Crippen LogP contribution in [0.1, 0.15) is 18.9 Å². The molecule has 6 heteroatoms. The first-order valence-corrected chi connectivity index (χ1v) is 7.02. The van der Waals surface area contributed by atoms with Crippen LogP contribution >= 0.6 is 0 Å². The molecule has 1 aromatic carbocycles. The first-order chi connectivity index (χ1) is 10.0. The molecule has 1 atom stereocenters. The van der Waals surface area contributed by atoms with Gasteiger partial charge in [0, 0.05) is 13.1 Å². The number of amides is 1. The third-order valence-corrected chi connectivity index (χ3v) is 3.26. The molecule has 0 aliphatic carbocycles. The van der Waals surface area contributed by atoms with Gasteiger partial charge in [-0.2, -0.15) is 0 Å². The Morgan fingerprint density at radius 3 is 2.71 bits per heavy atom. The van der Waals surface area contributed by atoms with Crippen LogP contribution in [0.4, 0.5) is 0 Å². The lowest BCUT2D eigenvalue weighted by Gasteiger charge is -2.17. The predicted molar refractivity (Wildman–Crippen MR) is 83.0 cm³/mol. The molecule has 6 nitrogen and oxygen atoms in total. The van der Waals surface area contributed by atoms with Crippen LogP contribution in [0.3, 0.4) is 0 Å². The summed E-state index contributed by atoms with van der Waals surface area (Å²) in [5, 5.41) is 14.1. The van der Waals surface area contributed by atoms with Gasteiger partial charge >= 0.3 is 0 Å². The van der Waals surface area contributed by atoms with Crippen molar-refractivity contribution in [3.05, 3.63) is 35.9 Å². The van der Waals surface area contributed by atoms with Crippen molar-refractivity contribution in [1.29, 1.82) is 0 Å². The maximum absolute atomic E-state index is 11.7. The topological polar surface area (TPSA) is 91.0 Å². The molecule has 0 radical (unpaired) electrons. The van der Waals surface area contributed by atoms with Crippen molar-refractivity contribution >= 4 is 11.7 Å². The molecule has 116 valence electrons. The Kier molecular flexibility index (Phi) is 7.25. The van der Waals surface area contributed by atoms with E-state index in [4.69, 9.17) is 10.9 Å². The van der Waals surface area contributed by atoms with Crippen molar-refractivity contribution < 1.29 is 10.0 Å². The lowest BCUT2D eigenvalue weighted by atomic mass is 10.1. The average Bonchev–Trinajstić information content (AvgIpc) is 2.50. The normalized spacial score (nSPS) is 13.2. The fourth-order valence-electron chi connectivity index (χ4n) is 1.91. The average molecular weight is 292 g/mol. The number of nitrogens with two attached hydrogens (primary N) is 1. The zero-order valence-electron chi connectivity index (χ0n) is 12.6. The van der Waals surface area contributed by atoms with Gasteiger partial charge in [0.25, 0.3) is 0 Å². The molecule has 0 fully saturated rings. The van der Waals surface area contributed by atoms with Crippen molar-refractivity contribution in [2.45, 2.75) is 19.9 Å². The molecule has 0 saturated carbocycles. The number of carbonyl (C=O) groups is 1. The molecule has 21 heavy (non-hydrogen) atoms. The van der Waals surface area contributed by atoms with Crippen LogP contribution in [0, 0.1) is 5.92 Å². The lowest BCUT2D eigenvalue weighted by molar-refractivity contribution is -0.122. The van der Waals surface area contributed by atoms with Crippen LogP contribution in [0.2, 0.25) is 0 Å². The third kappa shape index (κ3) is 6.27. The Balaban J connectivity index is 2.20. The van der Waals surface area contributed by atoms with E-state index in [0.717, 1.165) is 19.5 Å². The van der Waals surface area contributed by atoms with Gasteiger partial charge < -0.3 is 21.2 Å². The number of benzene rings is 1. The first-order valence-electron chi connectivity index (χ1n) is 7.02. The largest absolute Gasteiger partial charge is 0.409 e. The van der Waals surface area contributed by atoms with Crippen molar-refractivity contribution in [2.24, 2.45) is 16.8 Å². The monoisotopic (exact) mass is 292 g/mol. The Bertz CT molecular complexity index is 462. The highest BCUT2D eigenvalue weighted by molar-refractivity contribution is 6.01. The molecule has 0 saturated heterocycles. The maximum Gasteiger partial charge on any atom is 0.230 e. The minimum absolute atomic E-state index is 0.0753. The van der Waals surface area contributed by atoms with E-state index in [1.807, 2.05) is 25.2 Å². The number of rotatable bonds is 8. The van der Waals surface area contributed by atoms with Crippen molar-refractivity contribution in [2.75, 3.05) is 20.1 Å². The molecule has 0 spiro atoms. The number of amidine groups is 1. The smallest absolute Gasteiger partial charge is 0.230 e. The molecule has 0 bridgehead atoms. The van der Waals surface area contributed by atoms with E-state index in [0.29, 0.717) is 6.54 Å². The highest BCUT2D eigenvalue weighted by Crippen LogP contribution is 2.02. The highest BCUT2D eigenvalue weighted by Gasteiger charge is 2.16. The minimum Gasteiger partial charge on any atom is -0.409 e. The Hall–Kier alpha value is -2.08. The summed E-state index contributed by atoms with van der Waals surface area (Å²) >= 11 is 0. The molecule has 1 aromatic rings. The standard InChI is InChI=1S/C15H24N4O2/c1-12(14(16)18-21)15(20)17-9-6-10-19(2)11-13-7-4-3-5-8-13/h3-5,7-8,12,21H,6,9-11H2,1-2H3,(H2,16,18)(H,17,20). The summed E-state index contributed by atoms with van der Waals surface area (Å²) in [7, 11) is 2.05. The van der Waals surface area contributed by atoms with Crippen LogP contribution in [0.15, 0.2) is 35.5 Å². The number of hydrogen-bond donors (Lipinski definition) is 3. The van der Waals surface area contributed by atoms with E-state index in [-0.39, 0.29) is 11.7 Å². The van der Waals surface area contributed by atoms with Crippen molar-refractivity contribution in [3.63, 3.8) is 0 Å². The van der Waals surface area contributed by atoms with E-state index < -0.39 is 5.92 Å². The van der Waals surface area contributed by atoms with Gasteiger partial charge in [0.2, 0.25) is 5.91 Å². The summed E-state index contributed by atoms with van der Waals surface area (Å²) in [5.41, 5.74) is 6.65. The highest BCUT2D eigenvalue weighted by atomic mass is 16.4. The second-order valence-corrected chi connectivity index (χ2v) is 5.11. The molecule has 0 heterocycles. The van der Waals surface area contributed by atoms with Gasteiger partial charge in [-0.15, -0.1) is 0 Å². The summed E-state index contributed by atoms with van der Waals surface area (Å²) in [6, 6.07) is 10.2. The van der Waals surface area contributed by atoms with Gasteiger partial charge in [-0.3, -0.25) is 4.79 Å². The number of nitrogens with zero attached hydrogens (tertiary/aromatic N) is 2. The van der Waals surface area contributed by atoms with E-state index in [2.05, 4.69) is 27.5 Å². The molecule has 1 amide bonds. The van der Waals surface area contributed by atoms with Gasteiger partial charge in [-0.1, -0.05) is 35.5 Å². The van der Waals surface area contributed by atoms with Gasteiger partial charge in [-0.05, 0) is 32.5 Å². The summed E-state index contributed by atoms with van der Waals surface area (Å²) in [6.45, 7) is 3.94. The Morgan fingerprint density at radius 1 is 1.43 bits per heavy atom. The summed E-state index contributed by atoms with van der Waals surface area (Å²) in [4.78, 5) is 13.9. The Morgan fingerprint density at radius 2 is 2.10 bits per heavy atom. The molecule has 0 aromatic heterocycles. The quantitative estimate of drug-likeness (QED) is 0.219. The van der Waals surface area contributed by atoms with Gasteiger partial charge in [0.15, 0.2) is 5.84 Å². The predicted octanol–water partition coefficient (Wildman–Crippen LogP) is 1.01. The number of hydrogen-bond acceptors (Lipinski definition) is 4. The lowest BCUT2D eigenvalue weighted by Crippen LogP contribution is -2.38. The van der Waals surface area contributed by atoms with Crippen molar-refractivity contribution in [1.82, 2.24) is 10.2 Å². The van der Waals surface area contributed by atoms with Crippen LogP contribution in [0.25, 0.3) is 0 Å². The molecule has 0 aliphatic heterocycles. The second kappa shape index (κ2) is 8.97. The zero-order valence-corrected chi connectivity index (χ0v) is 12.6.